The van der Waals surface area contributed by atoms with Crippen molar-refractivity contribution in [2.24, 2.45) is 5.92 Å². The summed E-state index contributed by atoms with van der Waals surface area (Å²) in [4.78, 5) is 48.6. The van der Waals surface area contributed by atoms with Crippen LogP contribution in [0.4, 0.5) is 4.79 Å². The van der Waals surface area contributed by atoms with Gasteiger partial charge in [0, 0.05) is 5.92 Å². The molecule has 0 saturated carbocycles. The van der Waals surface area contributed by atoms with Crippen LogP contribution in [-0.4, -0.2) is 65.9 Å². The number of nitrogens with one attached hydrogen (secondary N) is 2. The first kappa shape index (κ1) is 21.9. The smallest absolute Gasteiger partial charge is 0.407 e. The second-order valence-corrected chi connectivity index (χ2v) is 8.52. The van der Waals surface area contributed by atoms with Crippen LogP contribution in [0.2, 0.25) is 0 Å². The highest BCUT2D eigenvalue weighted by molar-refractivity contribution is 5.94. The lowest BCUT2D eigenvalue weighted by Crippen LogP contribution is -2.53. The molecule has 2 aromatic rings. The minimum atomic E-state index is -1.30. The van der Waals surface area contributed by atoms with E-state index < -0.39 is 41.9 Å². The number of carboxylic acids is 1. The van der Waals surface area contributed by atoms with Crippen molar-refractivity contribution in [2.75, 3.05) is 19.8 Å². The Morgan fingerprint density at radius 1 is 1.06 bits per heavy atom. The van der Waals surface area contributed by atoms with Gasteiger partial charge in [0.25, 0.3) is 0 Å². The molecule has 3 amide bonds. The third-order valence-corrected chi connectivity index (χ3v) is 6.50. The minimum Gasteiger partial charge on any atom is -0.480 e. The first-order chi connectivity index (χ1) is 16.4. The van der Waals surface area contributed by atoms with Crippen LogP contribution in [0.15, 0.2) is 48.5 Å². The topological polar surface area (TPSA) is 134 Å². The molecule has 3 aliphatic rings. The van der Waals surface area contributed by atoms with Gasteiger partial charge in [0.15, 0.2) is 6.04 Å². The van der Waals surface area contributed by atoms with Gasteiger partial charge in [-0.25, -0.2) is 14.6 Å². The fraction of sp³-hybridized carbons (Fsp3) is 0.333. The average molecular weight is 465 g/mol. The lowest BCUT2D eigenvalue weighted by atomic mass is 9.98. The molecule has 176 valence electrons. The van der Waals surface area contributed by atoms with E-state index >= 15 is 0 Å². The fourth-order valence-electron chi connectivity index (χ4n) is 4.84. The molecule has 34 heavy (non-hydrogen) atoms. The van der Waals surface area contributed by atoms with E-state index in [0.717, 1.165) is 27.3 Å². The Labute approximate surface area is 194 Å². The molecule has 3 N–H and O–H groups in total. The maximum atomic E-state index is 12.9. The molecule has 2 heterocycles. The van der Waals surface area contributed by atoms with Gasteiger partial charge < -0.3 is 19.9 Å². The summed E-state index contributed by atoms with van der Waals surface area (Å²) >= 11 is 0. The zero-order valence-electron chi connectivity index (χ0n) is 18.1. The molecular formula is C24H23N3O7. The fourth-order valence-corrected chi connectivity index (χ4v) is 4.84. The Morgan fingerprint density at radius 3 is 2.35 bits per heavy atom. The predicted octanol–water partition coefficient (Wildman–Crippen LogP) is 1.26. The Kier molecular flexibility index (Phi) is 5.66. The van der Waals surface area contributed by atoms with Crippen LogP contribution in [-0.2, 0) is 23.9 Å². The summed E-state index contributed by atoms with van der Waals surface area (Å²) in [6, 6.07) is 14.0. The average Bonchev–Trinajstić information content (AvgIpc) is 3.53. The first-order valence-electron chi connectivity index (χ1n) is 11.0. The summed E-state index contributed by atoms with van der Waals surface area (Å²) in [5, 5.41) is 12.8. The monoisotopic (exact) mass is 465 g/mol. The van der Waals surface area contributed by atoms with Gasteiger partial charge in [0.1, 0.15) is 6.61 Å². The lowest BCUT2D eigenvalue weighted by Gasteiger charge is -2.26. The highest BCUT2D eigenvalue weighted by Crippen LogP contribution is 2.44. The molecule has 2 aliphatic heterocycles. The SMILES string of the molecule is O=C1CC(C(=O)O)N(C(=O)C2COCC2NC(=O)OCC2c3ccccc3-c3ccccc32)N1. The van der Waals surface area contributed by atoms with Gasteiger partial charge in [-0.1, -0.05) is 48.5 Å². The molecule has 0 bridgehead atoms. The number of hydrogen-bond donors (Lipinski definition) is 3. The number of alkyl carbamates (subject to hydrolysis) is 1. The van der Waals surface area contributed by atoms with E-state index in [4.69, 9.17) is 9.47 Å². The minimum absolute atomic E-state index is 0.00807. The number of hydrazine groups is 1. The molecule has 5 rings (SSSR count). The van der Waals surface area contributed by atoms with Gasteiger partial charge in [0.05, 0.1) is 31.6 Å². The highest BCUT2D eigenvalue weighted by Gasteiger charge is 2.45. The van der Waals surface area contributed by atoms with Crippen molar-refractivity contribution in [3.8, 4) is 11.1 Å². The number of hydrogen-bond acceptors (Lipinski definition) is 6. The van der Waals surface area contributed by atoms with Crippen LogP contribution in [0.3, 0.4) is 0 Å². The highest BCUT2D eigenvalue weighted by atomic mass is 16.5. The Hall–Kier alpha value is -3.92. The van der Waals surface area contributed by atoms with Gasteiger partial charge in [0.2, 0.25) is 11.8 Å². The summed E-state index contributed by atoms with van der Waals surface area (Å²) in [7, 11) is 0. The molecule has 2 fully saturated rings. The predicted molar refractivity (Wildman–Crippen MR) is 117 cm³/mol. The van der Waals surface area contributed by atoms with Crippen LogP contribution in [0.1, 0.15) is 23.5 Å². The van der Waals surface area contributed by atoms with Gasteiger partial charge in [-0.3, -0.25) is 15.0 Å². The van der Waals surface area contributed by atoms with E-state index in [1.807, 2.05) is 48.5 Å². The van der Waals surface area contributed by atoms with Crippen LogP contribution in [0.5, 0.6) is 0 Å². The second-order valence-electron chi connectivity index (χ2n) is 8.52. The third-order valence-electron chi connectivity index (χ3n) is 6.50. The second kappa shape index (κ2) is 8.79. The molecule has 0 spiro atoms. The number of aliphatic carboxylic acids is 1. The number of carboxylic acid groups (broad SMARTS) is 1. The molecule has 0 aromatic heterocycles. The summed E-state index contributed by atoms with van der Waals surface area (Å²) in [6.07, 6.45) is -1.02. The largest absolute Gasteiger partial charge is 0.480 e. The van der Waals surface area contributed by atoms with Crippen molar-refractivity contribution >= 4 is 23.9 Å². The third kappa shape index (κ3) is 3.86. The zero-order valence-corrected chi connectivity index (χ0v) is 18.1. The van der Waals surface area contributed by atoms with Crippen molar-refractivity contribution < 1.29 is 33.8 Å². The number of ether oxygens (including phenoxy) is 2. The number of rotatable bonds is 5. The first-order valence-corrected chi connectivity index (χ1v) is 11.0. The maximum Gasteiger partial charge on any atom is 0.407 e. The summed E-state index contributed by atoms with van der Waals surface area (Å²) in [5.41, 5.74) is 6.67. The molecule has 10 nitrogen and oxygen atoms in total. The van der Waals surface area contributed by atoms with E-state index in [0.29, 0.717) is 0 Å². The molecule has 2 aromatic carbocycles. The van der Waals surface area contributed by atoms with E-state index in [2.05, 4.69) is 10.7 Å². The van der Waals surface area contributed by atoms with Crippen molar-refractivity contribution in [1.82, 2.24) is 15.8 Å². The van der Waals surface area contributed by atoms with Gasteiger partial charge in [-0.05, 0) is 22.3 Å². The summed E-state index contributed by atoms with van der Waals surface area (Å²) in [5.74, 6) is -3.42. The van der Waals surface area contributed by atoms with Crippen LogP contribution in [0, 0.1) is 5.92 Å². The summed E-state index contributed by atoms with van der Waals surface area (Å²) in [6.45, 7) is 0.182. The molecule has 0 radical (unpaired) electrons. The summed E-state index contributed by atoms with van der Waals surface area (Å²) < 4.78 is 10.9. The Bertz CT molecular complexity index is 1120. The van der Waals surface area contributed by atoms with Crippen molar-refractivity contribution in [3.63, 3.8) is 0 Å². The number of benzene rings is 2. The number of amides is 3. The zero-order chi connectivity index (χ0) is 23.8. The van der Waals surface area contributed by atoms with Crippen molar-refractivity contribution in [3.05, 3.63) is 59.7 Å². The number of carbonyl (C=O) groups excluding carboxylic acids is 3. The normalized spacial score (nSPS) is 23.2. The van der Waals surface area contributed by atoms with E-state index in [-0.39, 0.29) is 32.2 Å². The standard InChI is InChI=1S/C24H23N3O7/c28-21-9-20(23(30)31)27(26-21)22(29)18-10-33-12-19(18)25-24(32)34-11-17-15-7-3-1-5-13(15)14-6-2-4-8-16(14)17/h1-8,17-20H,9-12H2,(H,25,32)(H,26,28)(H,30,31). The lowest BCUT2D eigenvalue weighted by molar-refractivity contribution is -0.152. The van der Waals surface area contributed by atoms with Gasteiger partial charge >= 0.3 is 12.1 Å². The Balaban J connectivity index is 1.23. The van der Waals surface area contributed by atoms with E-state index in [9.17, 15) is 24.3 Å². The quantitative estimate of drug-likeness (QED) is 0.605. The van der Waals surface area contributed by atoms with Crippen LogP contribution < -0.4 is 10.7 Å². The van der Waals surface area contributed by atoms with E-state index in [1.165, 1.54) is 0 Å². The Morgan fingerprint density at radius 2 is 1.71 bits per heavy atom. The van der Waals surface area contributed by atoms with Crippen LogP contribution >= 0.6 is 0 Å². The number of carbonyl (C=O) groups is 4. The van der Waals surface area contributed by atoms with E-state index in [1.54, 1.807) is 0 Å². The number of fused-ring (bicyclic) bond motifs is 3. The molecular weight excluding hydrogens is 442 g/mol. The maximum absolute atomic E-state index is 12.9. The molecule has 10 heteroatoms. The van der Waals surface area contributed by atoms with Gasteiger partial charge in [-0.2, -0.15) is 0 Å². The molecule has 1 aliphatic carbocycles. The molecule has 3 atom stereocenters. The molecule has 2 saturated heterocycles. The van der Waals surface area contributed by atoms with Crippen molar-refractivity contribution in [2.45, 2.75) is 24.4 Å². The van der Waals surface area contributed by atoms with Crippen LogP contribution in [0.25, 0.3) is 11.1 Å². The number of nitrogens with zero attached hydrogens (tertiary/aromatic N) is 1. The van der Waals surface area contributed by atoms with Crippen molar-refractivity contribution in [1.29, 1.82) is 0 Å². The molecule has 3 unspecified atom stereocenters. The van der Waals surface area contributed by atoms with Gasteiger partial charge in [-0.15, -0.1) is 0 Å².